The number of ether oxygens (including phenoxy) is 1. The molecule has 0 atom stereocenters. The molecule has 2 aromatic carbocycles. The van der Waals surface area contributed by atoms with Crippen LogP contribution in [0.1, 0.15) is 16.7 Å². The van der Waals surface area contributed by atoms with Gasteiger partial charge >= 0.3 is 0 Å². The molecule has 0 bridgehead atoms. The SMILES string of the molecule is Cc1ccc(COc2ccc(/C=C/C(=O)NN)cc2Br)cc1. The van der Waals surface area contributed by atoms with E-state index in [0.29, 0.717) is 6.61 Å². The van der Waals surface area contributed by atoms with Gasteiger partial charge in [0.05, 0.1) is 4.47 Å². The molecule has 0 aromatic heterocycles. The largest absolute Gasteiger partial charge is 0.488 e. The van der Waals surface area contributed by atoms with Gasteiger partial charge in [-0.15, -0.1) is 0 Å². The van der Waals surface area contributed by atoms with Crippen molar-refractivity contribution in [3.63, 3.8) is 0 Å². The van der Waals surface area contributed by atoms with Gasteiger partial charge in [0.25, 0.3) is 5.91 Å². The van der Waals surface area contributed by atoms with E-state index in [1.54, 1.807) is 6.08 Å². The van der Waals surface area contributed by atoms with Crippen LogP contribution in [0, 0.1) is 6.92 Å². The topological polar surface area (TPSA) is 64.3 Å². The first kappa shape index (κ1) is 16.3. The molecular formula is C17H17BrN2O2. The van der Waals surface area contributed by atoms with Crippen molar-refractivity contribution in [3.05, 3.63) is 69.7 Å². The molecule has 0 saturated heterocycles. The average molecular weight is 361 g/mol. The highest BCUT2D eigenvalue weighted by atomic mass is 79.9. The summed E-state index contributed by atoms with van der Waals surface area (Å²) in [6, 6.07) is 13.8. The van der Waals surface area contributed by atoms with E-state index < -0.39 is 0 Å². The Morgan fingerprint density at radius 3 is 2.64 bits per heavy atom. The Bertz CT molecular complexity index is 682. The molecule has 2 rings (SSSR count). The van der Waals surface area contributed by atoms with E-state index in [-0.39, 0.29) is 5.91 Å². The van der Waals surface area contributed by atoms with Gasteiger partial charge in [0.2, 0.25) is 0 Å². The lowest BCUT2D eigenvalue weighted by Crippen LogP contribution is -2.27. The van der Waals surface area contributed by atoms with E-state index in [2.05, 4.69) is 35.0 Å². The predicted molar refractivity (Wildman–Crippen MR) is 91.0 cm³/mol. The van der Waals surface area contributed by atoms with Crippen molar-refractivity contribution in [2.45, 2.75) is 13.5 Å². The monoisotopic (exact) mass is 360 g/mol. The van der Waals surface area contributed by atoms with E-state index >= 15 is 0 Å². The lowest BCUT2D eigenvalue weighted by atomic mass is 10.1. The number of hydrazine groups is 1. The predicted octanol–water partition coefficient (Wildman–Crippen LogP) is 3.34. The van der Waals surface area contributed by atoms with Crippen LogP contribution in [0.25, 0.3) is 6.08 Å². The van der Waals surface area contributed by atoms with Crippen LogP contribution in [0.15, 0.2) is 53.0 Å². The molecule has 5 heteroatoms. The number of aryl methyl sites for hydroxylation is 1. The zero-order valence-electron chi connectivity index (χ0n) is 12.2. The van der Waals surface area contributed by atoms with Crippen LogP contribution in [-0.4, -0.2) is 5.91 Å². The first-order chi connectivity index (χ1) is 10.6. The van der Waals surface area contributed by atoms with Gasteiger partial charge < -0.3 is 4.74 Å². The number of amides is 1. The maximum atomic E-state index is 11.1. The summed E-state index contributed by atoms with van der Waals surface area (Å²) in [5.74, 6) is 5.41. The minimum atomic E-state index is -0.351. The van der Waals surface area contributed by atoms with Gasteiger partial charge in [-0.3, -0.25) is 10.2 Å². The quantitative estimate of drug-likeness (QED) is 0.372. The van der Waals surface area contributed by atoms with E-state index in [9.17, 15) is 4.79 Å². The number of nitrogens with two attached hydrogens (primary N) is 1. The van der Waals surface area contributed by atoms with Crippen molar-refractivity contribution >= 4 is 27.9 Å². The van der Waals surface area contributed by atoms with Crippen LogP contribution >= 0.6 is 15.9 Å². The fourth-order valence-corrected chi connectivity index (χ4v) is 2.31. The van der Waals surface area contributed by atoms with Crippen molar-refractivity contribution in [1.82, 2.24) is 5.43 Å². The number of nitrogens with one attached hydrogen (secondary N) is 1. The molecule has 114 valence electrons. The molecular weight excluding hydrogens is 344 g/mol. The Morgan fingerprint density at radius 1 is 1.27 bits per heavy atom. The lowest BCUT2D eigenvalue weighted by Gasteiger charge is -2.09. The highest BCUT2D eigenvalue weighted by Crippen LogP contribution is 2.27. The number of carbonyl (C=O) groups excluding carboxylic acids is 1. The molecule has 0 aliphatic heterocycles. The highest BCUT2D eigenvalue weighted by Gasteiger charge is 2.03. The first-order valence-electron chi connectivity index (χ1n) is 6.75. The van der Waals surface area contributed by atoms with Crippen LogP contribution in [0.3, 0.4) is 0 Å². The second-order valence-electron chi connectivity index (χ2n) is 4.81. The highest BCUT2D eigenvalue weighted by molar-refractivity contribution is 9.10. The summed E-state index contributed by atoms with van der Waals surface area (Å²) in [5.41, 5.74) is 5.25. The van der Waals surface area contributed by atoms with Crippen molar-refractivity contribution in [2.75, 3.05) is 0 Å². The van der Waals surface area contributed by atoms with Crippen molar-refractivity contribution in [3.8, 4) is 5.75 Å². The summed E-state index contributed by atoms with van der Waals surface area (Å²) < 4.78 is 6.62. The summed E-state index contributed by atoms with van der Waals surface area (Å²) in [4.78, 5) is 11.1. The molecule has 0 spiro atoms. The molecule has 0 saturated carbocycles. The standard InChI is InChI=1S/C17H17BrN2O2/c1-12-2-4-14(5-3-12)11-22-16-8-6-13(10-15(16)18)7-9-17(21)20-19/h2-10H,11,19H2,1H3,(H,20,21)/b9-7+. The zero-order valence-corrected chi connectivity index (χ0v) is 13.8. The number of hydrogen-bond acceptors (Lipinski definition) is 3. The zero-order chi connectivity index (χ0) is 15.9. The molecule has 4 nitrogen and oxygen atoms in total. The molecule has 0 aliphatic carbocycles. The third kappa shape index (κ3) is 4.72. The Hall–Kier alpha value is -2.11. The third-order valence-corrected chi connectivity index (χ3v) is 3.66. The van der Waals surface area contributed by atoms with Crippen LogP contribution in [0.2, 0.25) is 0 Å². The molecule has 0 radical (unpaired) electrons. The lowest BCUT2D eigenvalue weighted by molar-refractivity contribution is -0.116. The van der Waals surface area contributed by atoms with Gasteiger partial charge in [0, 0.05) is 6.08 Å². The number of carbonyl (C=O) groups is 1. The fraction of sp³-hybridized carbons (Fsp3) is 0.118. The second kappa shape index (κ2) is 7.77. The van der Waals surface area contributed by atoms with Crippen LogP contribution in [0.4, 0.5) is 0 Å². The Labute approximate surface area is 138 Å². The van der Waals surface area contributed by atoms with Gasteiger partial charge in [0.1, 0.15) is 12.4 Å². The number of halogens is 1. The van der Waals surface area contributed by atoms with Gasteiger partial charge in [-0.2, -0.15) is 0 Å². The maximum absolute atomic E-state index is 11.1. The summed E-state index contributed by atoms with van der Waals surface area (Å²) in [5, 5.41) is 0. The van der Waals surface area contributed by atoms with Crippen LogP contribution in [-0.2, 0) is 11.4 Å². The van der Waals surface area contributed by atoms with Crippen molar-refractivity contribution in [1.29, 1.82) is 0 Å². The minimum Gasteiger partial charge on any atom is -0.488 e. The van der Waals surface area contributed by atoms with E-state index in [1.165, 1.54) is 11.6 Å². The van der Waals surface area contributed by atoms with E-state index in [1.807, 2.05) is 35.8 Å². The van der Waals surface area contributed by atoms with Crippen LogP contribution < -0.4 is 16.0 Å². The minimum absolute atomic E-state index is 0.351. The Balaban J connectivity index is 2.02. The molecule has 0 fully saturated rings. The summed E-state index contributed by atoms with van der Waals surface area (Å²) in [7, 11) is 0. The maximum Gasteiger partial charge on any atom is 0.257 e. The normalized spacial score (nSPS) is 10.7. The van der Waals surface area contributed by atoms with Crippen LogP contribution in [0.5, 0.6) is 5.75 Å². The molecule has 0 heterocycles. The average Bonchev–Trinajstić information content (AvgIpc) is 2.53. The Morgan fingerprint density at radius 2 is 2.00 bits per heavy atom. The van der Waals surface area contributed by atoms with E-state index in [4.69, 9.17) is 10.6 Å². The molecule has 1 amide bonds. The summed E-state index contributed by atoms with van der Waals surface area (Å²) >= 11 is 3.47. The number of benzene rings is 2. The third-order valence-electron chi connectivity index (χ3n) is 3.04. The summed E-state index contributed by atoms with van der Waals surface area (Å²) in [6.45, 7) is 2.56. The van der Waals surface area contributed by atoms with Gasteiger partial charge in [-0.25, -0.2) is 5.84 Å². The van der Waals surface area contributed by atoms with Gasteiger partial charge in [-0.05, 0) is 52.2 Å². The number of rotatable bonds is 5. The van der Waals surface area contributed by atoms with Gasteiger partial charge in [-0.1, -0.05) is 35.9 Å². The Kier molecular flexibility index (Phi) is 5.75. The van der Waals surface area contributed by atoms with Gasteiger partial charge in [0.15, 0.2) is 0 Å². The smallest absolute Gasteiger partial charge is 0.257 e. The molecule has 22 heavy (non-hydrogen) atoms. The first-order valence-corrected chi connectivity index (χ1v) is 7.54. The summed E-state index contributed by atoms with van der Waals surface area (Å²) in [6.07, 6.45) is 3.05. The van der Waals surface area contributed by atoms with E-state index in [0.717, 1.165) is 21.3 Å². The van der Waals surface area contributed by atoms with Crippen molar-refractivity contribution in [2.24, 2.45) is 5.84 Å². The molecule has 3 N–H and O–H groups in total. The molecule has 0 unspecified atom stereocenters. The number of hydrogen-bond donors (Lipinski definition) is 2. The fourth-order valence-electron chi connectivity index (χ4n) is 1.80. The van der Waals surface area contributed by atoms with Crippen molar-refractivity contribution < 1.29 is 9.53 Å². The second-order valence-corrected chi connectivity index (χ2v) is 5.66. The molecule has 2 aromatic rings. The molecule has 0 aliphatic rings.